The molecule has 1 aromatic rings. The molecule has 27 heavy (non-hydrogen) atoms. The second-order valence-corrected chi connectivity index (χ2v) is 9.89. The van der Waals surface area contributed by atoms with Crippen molar-refractivity contribution in [2.45, 2.75) is 52.9 Å². The standard InChI is InChI=1S/C26H27Br/c1-16-12-22-20-10-6-7-11-21(20)24(27)15-23(22)25(16)26(2,3)19-13-17-8-4-5-9-18(17)14-19/h4-5,8-9,12-13,15,22H,6-7,10-11,14H2,1-3H3. The summed E-state index contributed by atoms with van der Waals surface area (Å²) >= 11 is 3.92. The van der Waals surface area contributed by atoms with Crippen LogP contribution in [-0.2, 0) is 6.42 Å². The average Bonchev–Trinajstić information content (AvgIpc) is 3.23. The monoisotopic (exact) mass is 418 g/mol. The van der Waals surface area contributed by atoms with Crippen molar-refractivity contribution in [1.82, 2.24) is 0 Å². The van der Waals surface area contributed by atoms with Gasteiger partial charge >= 0.3 is 0 Å². The molecule has 0 amide bonds. The van der Waals surface area contributed by atoms with Gasteiger partial charge in [-0.05, 0) is 78.5 Å². The van der Waals surface area contributed by atoms with E-state index in [1.54, 1.807) is 27.9 Å². The van der Waals surface area contributed by atoms with Crippen LogP contribution in [0.4, 0.5) is 0 Å². The van der Waals surface area contributed by atoms with Gasteiger partial charge in [0.2, 0.25) is 0 Å². The highest BCUT2D eigenvalue weighted by Gasteiger charge is 2.40. The first kappa shape index (κ1) is 17.5. The zero-order valence-electron chi connectivity index (χ0n) is 16.5. The molecule has 0 N–H and O–H groups in total. The van der Waals surface area contributed by atoms with Crippen molar-refractivity contribution in [1.29, 1.82) is 0 Å². The van der Waals surface area contributed by atoms with E-state index in [0.29, 0.717) is 5.92 Å². The minimum absolute atomic E-state index is 0.0558. The van der Waals surface area contributed by atoms with Crippen molar-refractivity contribution in [3.63, 3.8) is 0 Å². The van der Waals surface area contributed by atoms with Crippen LogP contribution in [0.1, 0.15) is 57.6 Å². The van der Waals surface area contributed by atoms with Crippen molar-refractivity contribution in [2.75, 3.05) is 0 Å². The minimum atomic E-state index is 0.0558. The molecule has 1 atom stereocenters. The van der Waals surface area contributed by atoms with Crippen LogP contribution >= 0.6 is 15.9 Å². The van der Waals surface area contributed by atoms with Gasteiger partial charge in [-0.25, -0.2) is 0 Å². The third kappa shape index (κ3) is 2.62. The highest BCUT2D eigenvalue weighted by molar-refractivity contribution is 9.12. The summed E-state index contributed by atoms with van der Waals surface area (Å²) in [6, 6.07) is 8.86. The van der Waals surface area contributed by atoms with Gasteiger partial charge in [0.1, 0.15) is 0 Å². The van der Waals surface area contributed by atoms with Crippen LogP contribution in [0.5, 0.6) is 0 Å². The van der Waals surface area contributed by atoms with Crippen molar-refractivity contribution in [2.24, 2.45) is 11.3 Å². The maximum Gasteiger partial charge on any atom is 0.0243 e. The van der Waals surface area contributed by atoms with E-state index in [1.807, 2.05) is 0 Å². The predicted octanol–water partition coefficient (Wildman–Crippen LogP) is 7.69. The van der Waals surface area contributed by atoms with Gasteiger partial charge in [-0.3, -0.25) is 0 Å². The van der Waals surface area contributed by atoms with E-state index >= 15 is 0 Å². The summed E-state index contributed by atoms with van der Waals surface area (Å²) in [5.41, 5.74) is 12.3. The largest absolute Gasteiger partial charge is 0.0697 e. The Kier molecular flexibility index (Phi) is 4.02. The molecule has 1 aromatic carbocycles. The lowest BCUT2D eigenvalue weighted by atomic mass is 9.71. The molecule has 0 aromatic heterocycles. The van der Waals surface area contributed by atoms with E-state index < -0.39 is 0 Å². The quantitative estimate of drug-likeness (QED) is 0.461. The number of benzene rings is 1. The SMILES string of the molecule is CC1=CC2C(=C1C(C)(C)C1=Cc3ccccc3C1)C=C(Br)C1=C2CCCC1. The molecular weight excluding hydrogens is 392 g/mol. The van der Waals surface area contributed by atoms with Gasteiger partial charge in [0, 0.05) is 15.8 Å². The molecule has 0 bridgehead atoms. The summed E-state index contributed by atoms with van der Waals surface area (Å²) in [5.74, 6) is 0.514. The third-order valence-corrected chi connectivity index (χ3v) is 7.79. The Morgan fingerprint density at radius 3 is 2.63 bits per heavy atom. The molecule has 0 aliphatic heterocycles. The number of halogens is 1. The lowest BCUT2D eigenvalue weighted by Crippen LogP contribution is -2.21. The van der Waals surface area contributed by atoms with Crippen LogP contribution in [0, 0.1) is 11.3 Å². The zero-order valence-corrected chi connectivity index (χ0v) is 18.1. The topological polar surface area (TPSA) is 0 Å². The number of hydrogen-bond donors (Lipinski definition) is 0. The molecule has 4 aliphatic carbocycles. The normalized spacial score (nSPS) is 24.3. The first-order valence-electron chi connectivity index (χ1n) is 10.3. The van der Waals surface area contributed by atoms with E-state index in [0.717, 1.165) is 6.42 Å². The Bertz CT molecular complexity index is 991. The first-order chi connectivity index (χ1) is 13.0. The van der Waals surface area contributed by atoms with Gasteiger partial charge in [0.25, 0.3) is 0 Å². The molecule has 1 unspecified atom stereocenters. The van der Waals surface area contributed by atoms with Gasteiger partial charge in [-0.1, -0.05) is 77.3 Å². The van der Waals surface area contributed by atoms with E-state index in [-0.39, 0.29) is 5.41 Å². The first-order valence-corrected chi connectivity index (χ1v) is 11.1. The molecule has 138 valence electrons. The minimum Gasteiger partial charge on any atom is -0.0697 e. The third-order valence-electron chi connectivity index (χ3n) is 7.08. The second-order valence-electron chi connectivity index (χ2n) is 9.03. The summed E-state index contributed by atoms with van der Waals surface area (Å²) in [4.78, 5) is 0. The van der Waals surface area contributed by atoms with Crippen molar-refractivity contribution >= 4 is 22.0 Å². The Morgan fingerprint density at radius 1 is 1.04 bits per heavy atom. The molecule has 4 aliphatic rings. The predicted molar refractivity (Wildman–Crippen MR) is 119 cm³/mol. The van der Waals surface area contributed by atoms with Gasteiger partial charge in [0.05, 0.1) is 0 Å². The zero-order chi connectivity index (χ0) is 18.8. The lowest BCUT2D eigenvalue weighted by molar-refractivity contribution is 0.534. The molecule has 0 radical (unpaired) electrons. The summed E-state index contributed by atoms with van der Waals surface area (Å²) in [6.07, 6.45) is 13.7. The maximum absolute atomic E-state index is 3.92. The summed E-state index contributed by atoms with van der Waals surface area (Å²) in [6.45, 7) is 7.19. The number of hydrogen-bond acceptors (Lipinski definition) is 0. The Labute approximate surface area is 171 Å². The van der Waals surface area contributed by atoms with Gasteiger partial charge in [-0.15, -0.1) is 0 Å². The lowest BCUT2D eigenvalue weighted by Gasteiger charge is -2.34. The molecule has 0 spiro atoms. The number of fused-ring (bicyclic) bond motifs is 3. The fraction of sp³-hybridized carbons (Fsp3) is 0.385. The fourth-order valence-corrected chi connectivity index (χ4v) is 6.42. The molecule has 1 heteroatoms. The van der Waals surface area contributed by atoms with Crippen molar-refractivity contribution < 1.29 is 0 Å². The molecule has 0 nitrogen and oxygen atoms in total. The van der Waals surface area contributed by atoms with Gasteiger partial charge in [-0.2, -0.15) is 0 Å². The van der Waals surface area contributed by atoms with Gasteiger partial charge < -0.3 is 0 Å². The van der Waals surface area contributed by atoms with E-state index in [4.69, 9.17) is 0 Å². The molecule has 5 rings (SSSR count). The summed E-state index contributed by atoms with van der Waals surface area (Å²) < 4.78 is 1.34. The van der Waals surface area contributed by atoms with E-state index in [9.17, 15) is 0 Å². The summed E-state index contributed by atoms with van der Waals surface area (Å²) in [5, 5.41) is 0. The van der Waals surface area contributed by atoms with Crippen LogP contribution in [0.2, 0.25) is 0 Å². The van der Waals surface area contributed by atoms with Crippen molar-refractivity contribution in [3.8, 4) is 0 Å². The smallest absolute Gasteiger partial charge is 0.0243 e. The van der Waals surface area contributed by atoms with Crippen LogP contribution in [-0.4, -0.2) is 0 Å². The number of allylic oxidation sites excluding steroid dienone is 9. The van der Waals surface area contributed by atoms with Crippen molar-refractivity contribution in [3.05, 3.63) is 85.5 Å². The fourth-order valence-electron chi connectivity index (χ4n) is 5.72. The van der Waals surface area contributed by atoms with Gasteiger partial charge in [0.15, 0.2) is 0 Å². The maximum atomic E-state index is 3.92. The summed E-state index contributed by atoms with van der Waals surface area (Å²) in [7, 11) is 0. The molecule has 0 heterocycles. The second kappa shape index (κ2) is 6.21. The molecule has 0 saturated heterocycles. The molecular formula is C26H27Br. The molecule has 0 saturated carbocycles. The van der Waals surface area contributed by atoms with Crippen LogP contribution < -0.4 is 0 Å². The van der Waals surface area contributed by atoms with Crippen LogP contribution in [0.25, 0.3) is 6.08 Å². The Morgan fingerprint density at radius 2 is 1.81 bits per heavy atom. The van der Waals surface area contributed by atoms with Crippen LogP contribution in [0.3, 0.4) is 0 Å². The Balaban J connectivity index is 1.60. The number of rotatable bonds is 2. The van der Waals surface area contributed by atoms with E-state index in [2.05, 4.69) is 79.2 Å². The van der Waals surface area contributed by atoms with E-state index in [1.165, 1.54) is 46.9 Å². The average molecular weight is 419 g/mol. The molecule has 0 fully saturated rings. The Hall–Kier alpha value is -1.60. The highest BCUT2D eigenvalue weighted by atomic mass is 79.9. The van der Waals surface area contributed by atoms with Crippen LogP contribution in [0.15, 0.2) is 74.3 Å². The highest BCUT2D eigenvalue weighted by Crippen LogP contribution is 2.54.